The minimum atomic E-state index is -3.29. The molecule has 0 saturated heterocycles. The number of phenolic OH excluding ortho intramolecular Hbond substituents is 1. The summed E-state index contributed by atoms with van der Waals surface area (Å²) in [7, 11) is 1.18. The highest BCUT2D eigenvalue weighted by atomic mass is 19.3. The number of rotatable bonds is 6. The normalized spacial score (nSPS) is 12.5. The summed E-state index contributed by atoms with van der Waals surface area (Å²) in [6.45, 7) is 0.852. The highest BCUT2D eigenvalue weighted by Crippen LogP contribution is 2.21. The van der Waals surface area contributed by atoms with Crippen LogP contribution in [-0.4, -0.2) is 53.2 Å². The summed E-state index contributed by atoms with van der Waals surface area (Å²) in [5, 5.41) is 24.4. The number of benzene rings is 2. The number of carbonyl (C=O) groups excluding carboxylic acids is 3. The Kier molecular flexibility index (Phi) is 9.15. The first-order chi connectivity index (χ1) is 16.6. The molecule has 0 bridgehead atoms. The summed E-state index contributed by atoms with van der Waals surface area (Å²) < 4.78 is 27.6. The van der Waals surface area contributed by atoms with Gasteiger partial charge in [0.1, 0.15) is 17.3 Å². The summed E-state index contributed by atoms with van der Waals surface area (Å²) in [6.07, 6.45) is -3.29. The van der Waals surface area contributed by atoms with Gasteiger partial charge in [0, 0.05) is 23.7 Å². The van der Waals surface area contributed by atoms with Gasteiger partial charge in [-0.1, -0.05) is 11.8 Å². The van der Waals surface area contributed by atoms with Crippen LogP contribution >= 0.6 is 0 Å². The Morgan fingerprint density at radius 3 is 1.91 bits per heavy atom. The molecule has 0 aliphatic rings. The second-order valence-corrected chi connectivity index (χ2v) is 7.29. The van der Waals surface area contributed by atoms with Crippen molar-refractivity contribution in [3.63, 3.8) is 0 Å². The molecule has 4 amide bonds. The topological polar surface area (TPSA) is 140 Å². The van der Waals surface area contributed by atoms with Crippen molar-refractivity contribution in [3.05, 3.63) is 65.2 Å². The van der Waals surface area contributed by atoms with Gasteiger partial charge in [-0.2, -0.15) is 0 Å². The van der Waals surface area contributed by atoms with E-state index >= 15 is 0 Å². The van der Waals surface area contributed by atoms with Crippen molar-refractivity contribution in [1.82, 2.24) is 21.4 Å². The summed E-state index contributed by atoms with van der Waals surface area (Å²) in [5.41, 5.74) is -0.151. The maximum atomic E-state index is 13.8. The molecule has 0 spiro atoms. The van der Waals surface area contributed by atoms with Crippen LogP contribution in [-0.2, 0) is 4.79 Å². The third-order valence-corrected chi connectivity index (χ3v) is 4.80. The van der Waals surface area contributed by atoms with Crippen molar-refractivity contribution in [2.75, 3.05) is 7.05 Å². The van der Waals surface area contributed by atoms with Gasteiger partial charge >= 0.3 is 6.03 Å². The summed E-state index contributed by atoms with van der Waals surface area (Å²) in [4.78, 5) is 36.4. The number of hydroxylamine groups is 1. The molecule has 0 aliphatic carbocycles. The molecule has 6 N–H and O–H groups in total. The lowest BCUT2D eigenvalue weighted by atomic mass is 9.91. The molecule has 0 aliphatic heterocycles. The first-order valence-corrected chi connectivity index (χ1v) is 10.0. The van der Waals surface area contributed by atoms with Gasteiger partial charge < -0.3 is 21.1 Å². The van der Waals surface area contributed by atoms with Crippen molar-refractivity contribution in [3.8, 4) is 29.4 Å². The zero-order valence-corrected chi connectivity index (χ0v) is 18.6. The number of urea groups is 1. The second kappa shape index (κ2) is 12.0. The summed E-state index contributed by atoms with van der Waals surface area (Å²) >= 11 is 0. The summed E-state index contributed by atoms with van der Waals surface area (Å²) in [5.74, 6) is 8.72. The van der Waals surface area contributed by atoms with E-state index in [1.807, 2.05) is 5.32 Å². The molecule has 9 nitrogen and oxygen atoms in total. The molecule has 2 unspecified atom stereocenters. The Bertz CT molecular complexity index is 1190. The van der Waals surface area contributed by atoms with Crippen LogP contribution in [0.4, 0.5) is 13.6 Å². The summed E-state index contributed by atoms with van der Waals surface area (Å²) in [6, 6.07) is 8.89. The number of hydrogen-bond donors (Lipinski definition) is 6. The van der Waals surface area contributed by atoms with E-state index in [2.05, 4.69) is 34.3 Å². The van der Waals surface area contributed by atoms with Crippen LogP contribution in [0.15, 0.2) is 48.5 Å². The second-order valence-electron chi connectivity index (χ2n) is 7.29. The molecular formula is C24H22F2N4O5. The average molecular weight is 484 g/mol. The molecular weight excluding hydrogens is 462 g/mol. The lowest BCUT2D eigenvalue weighted by Crippen LogP contribution is -2.69. The number of hydrogen-bond acceptors (Lipinski definition) is 5. The Balaban J connectivity index is 2.18. The maximum Gasteiger partial charge on any atom is 0.315 e. The van der Waals surface area contributed by atoms with Crippen LogP contribution in [0.3, 0.4) is 0 Å². The van der Waals surface area contributed by atoms with E-state index in [1.54, 1.807) is 12.1 Å². The van der Waals surface area contributed by atoms with E-state index < -0.39 is 35.9 Å². The number of alkyl halides is 2. The number of carbonyl (C=O) groups is 3. The Morgan fingerprint density at radius 1 is 0.943 bits per heavy atom. The molecule has 11 heteroatoms. The van der Waals surface area contributed by atoms with Gasteiger partial charge in [-0.05, 0) is 67.3 Å². The van der Waals surface area contributed by atoms with Gasteiger partial charge in [0.05, 0.1) is 0 Å². The minimum absolute atomic E-state index is 0.0121. The van der Waals surface area contributed by atoms with E-state index in [-0.39, 0.29) is 11.3 Å². The lowest BCUT2D eigenvalue weighted by molar-refractivity contribution is -0.135. The standard InChI is InChI=1S/C24H22F2N4O5/c1-24(22(25)26,29-23(34)27-2)19(21(33)30-35)28-20(32)17-11-7-15(8-12-17)5-3-4-6-16-9-13-18(31)14-10-16/h7-14,19,22,31,35H,1-2H3,(H,28,32)(H,30,33)(H2,27,29,34). The Morgan fingerprint density at radius 2 is 1.46 bits per heavy atom. The predicted octanol–water partition coefficient (Wildman–Crippen LogP) is 1.35. The van der Waals surface area contributed by atoms with Gasteiger partial charge in [0.2, 0.25) is 0 Å². The quantitative estimate of drug-likeness (QED) is 0.209. The van der Waals surface area contributed by atoms with E-state index in [0.717, 1.165) is 6.92 Å². The Labute approximate surface area is 199 Å². The van der Waals surface area contributed by atoms with Crippen molar-refractivity contribution >= 4 is 17.8 Å². The fourth-order valence-electron chi connectivity index (χ4n) is 2.78. The first-order valence-electron chi connectivity index (χ1n) is 10.0. The molecule has 0 radical (unpaired) electrons. The van der Waals surface area contributed by atoms with E-state index in [0.29, 0.717) is 11.1 Å². The van der Waals surface area contributed by atoms with Gasteiger partial charge in [0.15, 0.2) is 0 Å². The molecule has 2 aromatic carbocycles. The molecule has 182 valence electrons. The molecule has 2 rings (SSSR count). The van der Waals surface area contributed by atoms with Crippen LogP contribution in [0, 0.1) is 23.7 Å². The highest BCUT2D eigenvalue weighted by Gasteiger charge is 2.48. The minimum Gasteiger partial charge on any atom is -0.508 e. The number of halogens is 2. The highest BCUT2D eigenvalue weighted by molar-refractivity contribution is 5.98. The molecule has 35 heavy (non-hydrogen) atoms. The largest absolute Gasteiger partial charge is 0.508 e. The number of phenols is 1. The number of aromatic hydroxyl groups is 1. The lowest BCUT2D eigenvalue weighted by Gasteiger charge is -2.36. The predicted molar refractivity (Wildman–Crippen MR) is 121 cm³/mol. The van der Waals surface area contributed by atoms with E-state index in [4.69, 9.17) is 5.21 Å². The average Bonchev–Trinajstić information content (AvgIpc) is 2.85. The maximum absolute atomic E-state index is 13.8. The number of amides is 4. The molecule has 0 saturated carbocycles. The van der Waals surface area contributed by atoms with Crippen molar-refractivity contribution in [2.45, 2.75) is 24.9 Å². The van der Waals surface area contributed by atoms with Crippen molar-refractivity contribution in [1.29, 1.82) is 0 Å². The Hall–Kier alpha value is -4.61. The molecule has 0 aromatic heterocycles. The fraction of sp³-hybridized carbons (Fsp3) is 0.208. The van der Waals surface area contributed by atoms with Crippen LogP contribution in [0.1, 0.15) is 28.4 Å². The molecule has 2 aromatic rings. The fourth-order valence-corrected chi connectivity index (χ4v) is 2.78. The zero-order valence-electron chi connectivity index (χ0n) is 18.6. The smallest absolute Gasteiger partial charge is 0.315 e. The zero-order chi connectivity index (χ0) is 26.0. The number of nitrogens with one attached hydrogen (secondary N) is 4. The van der Waals surface area contributed by atoms with Crippen LogP contribution in [0.5, 0.6) is 5.75 Å². The van der Waals surface area contributed by atoms with E-state index in [1.165, 1.54) is 48.9 Å². The monoisotopic (exact) mass is 484 g/mol. The molecule has 2 atom stereocenters. The molecule has 0 heterocycles. The van der Waals surface area contributed by atoms with Crippen LogP contribution in [0.25, 0.3) is 0 Å². The molecule has 0 fully saturated rings. The van der Waals surface area contributed by atoms with Gasteiger partial charge in [-0.25, -0.2) is 19.1 Å². The first kappa shape index (κ1) is 26.6. The van der Waals surface area contributed by atoms with Crippen LogP contribution in [0.2, 0.25) is 0 Å². The van der Waals surface area contributed by atoms with Crippen LogP contribution < -0.4 is 21.4 Å². The SMILES string of the molecule is CNC(=O)NC(C)(C(F)F)C(NC(=O)c1ccc(C#CC#Cc2ccc(O)cc2)cc1)C(=O)NO. The van der Waals surface area contributed by atoms with Gasteiger partial charge in [-0.15, -0.1) is 0 Å². The third-order valence-electron chi connectivity index (χ3n) is 4.80. The van der Waals surface area contributed by atoms with Gasteiger partial charge in [0.25, 0.3) is 18.2 Å². The third kappa shape index (κ3) is 7.19. The van der Waals surface area contributed by atoms with Crippen molar-refractivity contribution < 1.29 is 33.5 Å². The van der Waals surface area contributed by atoms with E-state index in [9.17, 15) is 28.3 Å². The van der Waals surface area contributed by atoms with Crippen molar-refractivity contribution in [2.24, 2.45) is 0 Å². The van der Waals surface area contributed by atoms with Gasteiger partial charge in [-0.3, -0.25) is 14.8 Å².